The number of hydrogen-bond donors (Lipinski definition) is 2. The van der Waals surface area contributed by atoms with Crippen molar-refractivity contribution in [3.8, 4) is 5.75 Å². The zero-order chi connectivity index (χ0) is 22.5. The van der Waals surface area contributed by atoms with Gasteiger partial charge in [0, 0.05) is 16.7 Å². The monoisotopic (exact) mass is 428 g/mol. The molecule has 4 rings (SSSR count). The average molecular weight is 429 g/mol. The van der Waals surface area contributed by atoms with Gasteiger partial charge in [-0.3, -0.25) is 9.59 Å². The Bertz CT molecular complexity index is 1120. The third-order valence-corrected chi connectivity index (χ3v) is 5.36. The van der Waals surface area contributed by atoms with E-state index >= 15 is 0 Å². The third kappa shape index (κ3) is 4.70. The summed E-state index contributed by atoms with van der Waals surface area (Å²) in [7, 11) is 0. The fourth-order valence-electron chi connectivity index (χ4n) is 3.74. The van der Waals surface area contributed by atoms with Gasteiger partial charge in [0.2, 0.25) is 12.3 Å². The third-order valence-electron chi connectivity index (χ3n) is 5.36. The standard InChI is InChI=1S/C26H25N3O3/c1-3-32-22-15-11-19(12-16-22)17-29-24(20-13-9-18(2)10-14-20)23(26(31)28-29)27-25(30)21-7-5-4-6-8-21/h4-17,23-24H,3H2,1-2H3,(H-,27,28,30,31)/p+1/b29-17-/t23-,24-/m1/s1. The highest BCUT2D eigenvalue weighted by Gasteiger charge is 2.47. The molecule has 1 saturated heterocycles. The molecule has 2 N–H and O–H groups in total. The number of amides is 2. The number of hydrogen-bond acceptors (Lipinski definition) is 3. The normalized spacial score (nSPS) is 18.9. The van der Waals surface area contributed by atoms with E-state index in [-0.39, 0.29) is 11.8 Å². The summed E-state index contributed by atoms with van der Waals surface area (Å²) in [4.78, 5) is 25.7. The number of carbonyl (C=O) groups excluding carboxylic acids is 2. The van der Waals surface area contributed by atoms with E-state index in [0.717, 1.165) is 22.4 Å². The van der Waals surface area contributed by atoms with Crippen molar-refractivity contribution in [3.63, 3.8) is 0 Å². The lowest BCUT2D eigenvalue weighted by Gasteiger charge is -2.15. The molecule has 2 atom stereocenters. The van der Waals surface area contributed by atoms with Gasteiger partial charge in [-0.15, -0.1) is 10.1 Å². The molecule has 162 valence electrons. The van der Waals surface area contributed by atoms with Crippen LogP contribution in [-0.4, -0.2) is 35.4 Å². The molecule has 0 radical (unpaired) electrons. The fraction of sp³-hybridized carbons (Fsp3) is 0.192. The van der Waals surface area contributed by atoms with E-state index in [4.69, 9.17) is 4.74 Å². The number of nitrogens with zero attached hydrogens (tertiary/aromatic N) is 1. The van der Waals surface area contributed by atoms with Crippen molar-refractivity contribution < 1.29 is 19.0 Å². The zero-order valence-electron chi connectivity index (χ0n) is 18.1. The van der Waals surface area contributed by atoms with Crippen molar-refractivity contribution in [1.82, 2.24) is 10.7 Å². The minimum absolute atomic E-state index is 0.262. The van der Waals surface area contributed by atoms with Crippen LogP contribution in [0.4, 0.5) is 0 Å². The minimum atomic E-state index is -0.746. The number of carbonyl (C=O) groups is 2. The van der Waals surface area contributed by atoms with Crippen LogP contribution in [-0.2, 0) is 4.79 Å². The van der Waals surface area contributed by atoms with Crippen LogP contribution in [0, 0.1) is 6.92 Å². The first-order valence-corrected chi connectivity index (χ1v) is 10.6. The highest BCUT2D eigenvalue weighted by molar-refractivity contribution is 5.98. The molecule has 0 bridgehead atoms. The Hall–Kier alpha value is -3.93. The summed E-state index contributed by atoms with van der Waals surface area (Å²) in [6.07, 6.45) is 1.87. The second kappa shape index (κ2) is 9.47. The van der Waals surface area contributed by atoms with Crippen molar-refractivity contribution in [2.75, 3.05) is 6.61 Å². The summed E-state index contributed by atoms with van der Waals surface area (Å²) in [5, 5.41) is 2.92. The van der Waals surface area contributed by atoms with E-state index in [1.807, 2.05) is 74.7 Å². The van der Waals surface area contributed by atoms with E-state index in [1.54, 1.807) is 28.9 Å². The van der Waals surface area contributed by atoms with Gasteiger partial charge in [0.15, 0.2) is 6.04 Å². The van der Waals surface area contributed by atoms with Gasteiger partial charge < -0.3 is 10.1 Å². The molecule has 6 heteroatoms. The van der Waals surface area contributed by atoms with Gasteiger partial charge in [0.1, 0.15) is 5.75 Å². The van der Waals surface area contributed by atoms with Crippen LogP contribution in [0.25, 0.3) is 0 Å². The van der Waals surface area contributed by atoms with Crippen LogP contribution in [0.3, 0.4) is 0 Å². The van der Waals surface area contributed by atoms with Crippen LogP contribution >= 0.6 is 0 Å². The van der Waals surface area contributed by atoms with Gasteiger partial charge >= 0.3 is 5.91 Å². The van der Waals surface area contributed by atoms with Crippen molar-refractivity contribution in [2.24, 2.45) is 0 Å². The molecule has 3 aromatic carbocycles. The summed E-state index contributed by atoms with van der Waals surface area (Å²) < 4.78 is 7.27. The molecule has 1 heterocycles. The Balaban J connectivity index is 1.67. The minimum Gasteiger partial charge on any atom is -0.494 e. The van der Waals surface area contributed by atoms with Gasteiger partial charge in [-0.1, -0.05) is 48.0 Å². The number of nitrogens with one attached hydrogen (secondary N) is 2. The molecule has 1 fully saturated rings. The fourth-order valence-corrected chi connectivity index (χ4v) is 3.74. The van der Waals surface area contributed by atoms with E-state index < -0.39 is 12.1 Å². The van der Waals surface area contributed by atoms with Crippen molar-refractivity contribution >= 4 is 18.0 Å². The molecule has 6 nitrogen and oxygen atoms in total. The number of rotatable bonds is 6. The summed E-state index contributed by atoms with van der Waals surface area (Å²) in [5.41, 5.74) is 6.37. The smallest absolute Gasteiger partial charge is 0.304 e. The second-order valence-electron chi connectivity index (χ2n) is 7.69. The first kappa shape index (κ1) is 21.3. The first-order valence-electron chi connectivity index (χ1n) is 10.6. The topological polar surface area (TPSA) is 70.4 Å². The molecule has 0 aromatic heterocycles. The Morgan fingerprint density at radius 1 is 1.03 bits per heavy atom. The largest absolute Gasteiger partial charge is 0.494 e. The maximum absolute atomic E-state index is 12.9. The van der Waals surface area contributed by atoms with Crippen LogP contribution in [0.2, 0.25) is 0 Å². The maximum atomic E-state index is 12.9. The van der Waals surface area contributed by atoms with Crippen LogP contribution in [0.1, 0.15) is 40.0 Å². The predicted molar refractivity (Wildman–Crippen MR) is 123 cm³/mol. The second-order valence-corrected chi connectivity index (χ2v) is 7.69. The molecular formula is C26H26N3O3+. The number of aryl methyl sites for hydroxylation is 1. The van der Waals surface area contributed by atoms with Gasteiger partial charge in [0.25, 0.3) is 5.91 Å². The molecular weight excluding hydrogens is 402 g/mol. The molecule has 1 aliphatic heterocycles. The molecule has 3 aromatic rings. The van der Waals surface area contributed by atoms with Crippen molar-refractivity contribution in [2.45, 2.75) is 25.9 Å². The molecule has 32 heavy (non-hydrogen) atoms. The average Bonchev–Trinajstić information content (AvgIpc) is 3.11. The van der Waals surface area contributed by atoms with E-state index in [9.17, 15) is 9.59 Å². The Kier molecular flexibility index (Phi) is 6.31. The molecule has 1 aliphatic rings. The van der Waals surface area contributed by atoms with Crippen molar-refractivity contribution in [1.29, 1.82) is 0 Å². The number of hydrazine groups is 1. The van der Waals surface area contributed by atoms with Crippen molar-refractivity contribution in [3.05, 3.63) is 101 Å². The van der Waals surface area contributed by atoms with E-state index in [2.05, 4.69) is 10.7 Å². The molecule has 0 saturated carbocycles. The summed E-state index contributed by atoms with van der Waals surface area (Å²) in [5.74, 6) is 0.242. The van der Waals surface area contributed by atoms with Crippen LogP contribution < -0.4 is 15.5 Å². The lowest BCUT2D eigenvalue weighted by molar-refractivity contribution is -0.596. The van der Waals surface area contributed by atoms with Crippen LogP contribution in [0.5, 0.6) is 5.75 Å². The zero-order valence-corrected chi connectivity index (χ0v) is 18.1. The SMILES string of the molecule is CCOc1ccc(/C=[N+]2\NC(=O)[C@H](NC(=O)c3ccccc3)[C@H]2c2ccc(C)cc2)cc1. The van der Waals surface area contributed by atoms with E-state index in [1.165, 1.54) is 0 Å². The van der Waals surface area contributed by atoms with Gasteiger partial charge in [-0.05, 0) is 50.2 Å². The van der Waals surface area contributed by atoms with Gasteiger partial charge in [-0.25, -0.2) is 0 Å². The lowest BCUT2D eigenvalue weighted by Crippen LogP contribution is -2.42. The molecule has 0 unspecified atom stereocenters. The first-order chi connectivity index (χ1) is 15.5. The highest BCUT2D eigenvalue weighted by atomic mass is 16.5. The Morgan fingerprint density at radius 2 is 1.72 bits per heavy atom. The van der Waals surface area contributed by atoms with Gasteiger partial charge in [0.05, 0.1) is 6.61 Å². The number of benzene rings is 3. The van der Waals surface area contributed by atoms with E-state index in [0.29, 0.717) is 12.2 Å². The summed E-state index contributed by atoms with van der Waals surface area (Å²) in [6, 6.07) is 23.4. The Labute approximate surface area is 187 Å². The number of ether oxygens (including phenoxy) is 1. The Morgan fingerprint density at radius 3 is 2.38 bits per heavy atom. The predicted octanol–water partition coefficient (Wildman–Crippen LogP) is 3.41. The maximum Gasteiger partial charge on any atom is 0.304 e. The number of hydrazone groups is 1. The molecule has 0 spiro atoms. The summed E-state index contributed by atoms with van der Waals surface area (Å²) in [6.45, 7) is 4.56. The molecule has 0 aliphatic carbocycles. The van der Waals surface area contributed by atoms with Crippen LogP contribution in [0.15, 0.2) is 78.9 Å². The summed E-state index contributed by atoms with van der Waals surface area (Å²) >= 11 is 0. The lowest BCUT2D eigenvalue weighted by atomic mass is 9.98. The van der Waals surface area contributed by atoms with Gasteiger partial charge in [-0.2, -0.15) is 0 Å². The molecule has 2 amide bonds. The highest BCUT2D eigenvalue weighted by Crippen LogP contribution is 2.26. The quantitative estimate of drug-likeness (QED) is 0.591.